The third-order valence-electron chi connectivity index (χ3n) is 4.17. The Balaban J connectivity index is 1.45. The van der Waals surface area contributed by atoms with Gasteiger partial charge in [0.1, 0.15) is 5.75 Å². The number of rotatable bonds is 5. The van der Waals surface area contributed by atoms with Crippen LogP contribution in [0.4, 0.5) is 0 Å². The second kappa shape index (κ2) is 8.91. The fraction of sp³-hybridized carbons (Fsp3) is 0.529. The molecule has 0 radical (unpaired) electrons. The predicted octanol–water partition coefficient (Wildman–Crippen LogP) is 1.98. The highest BCUT2D eigenvalue weighted by atomic mass is 79.9. The molecule has 1 fully saturated rings. The van der Waals surface area contributed by atoms with Gasteiger partial charge in [-0.1, -0.05) is 15.9 Å². The molecule has 6 nitrogen and oxygen atoms in total. The number of hydrogen-bond acceptors (Lipinski definition) is 5. The zero-order chi connectivity index (χ0) is 17.6. The van der Waals surface area contributed by atoms with Gasteiger partial charge in [-0.25, -0.2) is 0 Å². The summed E-state index contributed by atoms with van der Waals surface area (Å²) in [4.78, 5) is 26.1. The van der Waals surface area contributed by atoms with E-state index in [1.807, 2.05) is 18.2 Å². The number of halogens is 1. The van der Waals surface area contributed by atoms with Gasteiger partial charge in [-0.05, 0) is 18.2 Å². The van der Waals surface area contributed by atoms with E-state index in [2.05, 4.69) is 21.2 Å². The minimum atomic E-state index is -0.0578. The van der Waals surface area contributed by atoms with Crippen molar-refractivity contribution in [2.45, 2.75) is 12.5 Å². The molecule has 136 valence electrons. The molecule has 1 aromatic rings. The van der Waals surface area contributed by atoms with Gasteiger partial charge in [0, 0.05) is 29.5 Å². The van der Waals surface area contributed by atoms with E-state index in [1.165, 1.54) is 11.8 Å². The highest BCUT2D eigenvalue weighted by molar-refractivity contribution is 9.10. The Hall–Kier alpha value is -1.25. The van der Waals surface area contributed by atoms with Gasteiger partial charge in [0.2, 0.25) is 11.8 Å². The molecule has 1 saturated heterocycles. The Bertz CT molecular complexity index is 637. The van der Waals surface area contributed by atoms with Crippen molar-refractivity contribution in [2.24, 2.45) is 0 Å². The van der Waals surface area contributed by atoms with Crippen LogP contribution < -0.4 is 10.1 Å². The lowest BCUT2D eigenvalue weighted by molar-refractivity contribution is -0.132. The molecule has 0 aliphatic carbocycles. The van der Waals surface area contributed by atoms with Crippen molar-refractivity contribution in [1.82, 2.24) is 10.2 Å². The van der Waals surface area contributed by atoms with Crippen LogP contribution in [0.1, 0.15) is 18.0 Å². The molecule has 0 spiro atoms. The molecule has 0 aromatic heterocycles. The summed E-state index contributed by atoms with van der Waals surface area (Å²) in [7, 11) is 0. The fourth-order valence-electron chi connectivity index (χ4n) is 2.89. The first-order chi connectivity index (χ1) is 12.1. The number of nitrogens with one attached hydrogen (secondary N) is 1. The lowest BCUT2D eigenvalue weighted by Crippen LogP contribution is -2.41. The summed E-state index contributed by atoms with van der Waals surface area (Å²) in [6, 6.07) is 5.77. The van der Waals surface area contributed by atoms with Crippen LogP contribution in [-0.4, -0.2) is 61.1 Å². The number of fused-ring (bicyclic) bond motifs is 1. The van der Waals surface area contributed by atoms with Crippen LogP contribution in [0, 0.1) is 0 Å². The highest BCUT2D eigenvalue weighted by Gasteiger charge is 2.23. The van der Waals surface area contributed by atoms with Gasteiger partial charge in [-0.3, -0.25) is 9.59 Å². The van der Waals surface area contributed by atoms with Gasteiger partial charge in [-0.2, -0.15) is 0 Å². The monoisotopic (exact) mass is 428 g/mol. The van der Waals surface area contributed by atoms with E-state index >= 15 is 0 Å². The number of carbonyl (C=O) groups excluding carboxylic acids is 2. The molecule has 3 rings (SSSR count). The molecule has 1 unspecified atom stereocenters. The van der Waals surface area contributed by atoms with Gasteiger partial charge >= 0.3 is 0 Å². The Morgan fingerprint density at radius 3 is 2.84 bits per heavy atom. The SMILES string of the molecule is O=C(CSCC(=O)N1CCOCC1)NC1CCOc2ccc(Br)cc21. The molecular formula is C17H21BrN2O4S. The molecule has 25 heavy (non-hydrogen) atoms. The summed E-state index contributed by atoms with van der Waals surface area (Å²) in [5, 5.41) is 3.05. The molecule has 1 N–H and O–H groups in total. The van der Waals surface area contributed by atoms with Crippen molar-refractivity contribution in [3.63, 3.8) is 0 Å². The van der Waals surface area contributed by atoms with E-state index < -0.39 is 0 Å². The minimum Gasteiger partial charge on any atom is -0.493 e. The maximum Gasteiger partial charge on any atom is 0.232 e. The molecule has 2 aliphatic rings. The van der Waals surface area contributed by atoms with Crippen molar-refractivity contribution < 1.29 is 19.1 Å². The molecule has 2 heterocycles. The number of thioether (sulfide) groups is 1. The molecule has 0 bridgehead atoms. The minimum absolute atomic E-state index is 0.0516. The van der Waals surface area contributed by atoms with Crippen molar-refractivity contribution in [3.05, 3.63) is 28.2 Å². The van der Waals surface area contributed by atoms with Crippen molar-refractivity contribution in [3.8, 4) is 5.75 Å². The van der Waals surface area contributed by atoms with Gasteiger partial charge < -0.3 is 19.7 Å². The summed E-state index contributed by atoms with van der Waals surface area (Å²) < 4.78 is 11.8. The summed E-state index contributed by atoms with van der Waals surface area (Å²) in [5.74, 6) is 1.43. The first-order valence-corrected chi connectivity index (χ1v) is 10.2. The number of benzene rings is 1. The van der Waals surface area contributed by atoms with Crippen molar-refractivity contribution in [2.75, 3.05) is 44.4 Å². The molecular weight excluding hydrogens is 408 g/mol. The number of hydrogen-bond donors (Lipinski definition) is 1. The quantitative estimate of drug-likeness (QED) is 0.776. The second-order valence-electron chi connectivity index (χ2n) is 5.93. The van der Waals surface area contributed by atoms with E-state index in [4.69, 9.17) is 9.47 Å². The zero-order valence-corrected chi connectivity index (χ0v) is 16.2. The van der Waals surface area contributed by atoms with Crippen LogP contribution in [0.2, 0.25) is 0 Å². The fourth-order valence-corrected chi connectivity index (χ4v) is 3.99. The Kier molecular flexibility index (Phi) is 6.61. The Morgan fingerprint density at radius 1 is 1.24 bits per heavy atom. The Labute approximate surface area is 159 Å². The van der Waals surface area contributed by atoms with Crippen LogP contribution in [0.5, 0.6) is 5.75 Å². The summed E-state index contributed by atoms with van der Waals surface area (Å²) in [5.41, 5.74) is 0.989. The topological polar surface area (TPSA) is 67.9 Å². The van der Waals surface area contributed by atoms with Gasteiger partial charge in [0.05, 0.1) is 37.4 Å². The van der Waals surface area contributed by atoms with E-state index in [9.17, 15) is 9.59 Å². The molecule has 8 heteroatoms. The number of amides is 2. The van der Waals surface area contributed by atoms with E-state index in [0.717, 1.165) is 22.2 Å². The standard InChI is InChI=1S/C17H21BrN2O4S/c18-12-1-2-15-13(9-12)14(3-6-24-15)19-16(21)10-25-11-17(22)20-4-7-23-8-5-20/h1-2,9,14H,3-8,10-11H2,(H,19,21). The number of morpholine rings is 1. The smallest absolute Gasteiger partial charge is 0.232 e. The van der Waals surface area contributed by atoms with Crippen LogP contribution in [0.3, 0.4) is 0 Å². The van der Waals surface area contributed by atoms with Gasteiger partial charge in [-0.15, -0.1) is 11.8 Å². The van der Waals surface area contributed by atoms with Gasteiger partial charge in [0.15, 0.2) is 0 Å². The van der Waals surface area contributed by atoms with E-state index in [-0.39, 0.29) is 23.6 Å². The molecule has 1 atom stereocenters. The highest BCUT2D eigenvalue weighted by Crippen LogP contribution is 2.34. The number of carbonyl (C=O) groups is 2. The largest absolute Gasteiger partial charge is 0.493 e. The van der Waals surface area contributed by atoms with Crippen LogP contribution in [0.15, 0.2) is 22.7 Å². The average Bonchev–Trinajstić information content (AvgIpc) is 2.63. The maximum absolute atomic E-state index is 12.2. The number of nitrogens with zero attached hydrogens (tertiary/aromatic N) is 1. The predicted molar refractivity (Wildman–Crippen MR) is 99.9 cm³/mol. The van der Waals surface area contributed by atoms with Crippen molar-refractivity contribution >= 4 is 39.5 Å². The normalized spacial score (nSPS) is 19.7. The lowest BCUT2D eigenvalue weighted by atomic mass is 10.0. The average molecular weight is 429 g/mol. The number of ether oxygens (including phenoxy) is 2. The summed E-state index contributed by atoms with van der Waals surface area (Å²) in [6.45, 7) is 3.05. The van der Waals surface area contributed by atoms with E-state index in [1.54, 1.807) is 4.90 Å². The summed E-state index contributed by atoms with van der Waals surface area (Å²) >= 11 is 4.81. The zero-order valence-electron chi connectivity index (χ0n) is 13.8. The maximum atomic E-state index is 12.2. The summed E-state index contributed by atoms with van der Waals surface area (Å²) in [6.07, 6.45) is 0.743. The van der Waals surface area contributed by atoms with Crippen LogP contribution in [-0.2, 0) is 14.3 Å². The third-order valence-corrected chi connectivity index (χ3v) is 5.58. The Morgan fingerprint density at radius 2 is 2.04 bits per heavy atom. The second-order valence-corrected chi connectivity index (χ2v) is 7.83. The molecule has 1 aromatic carbocycles. The molecule has 2 aliphatic heterocycles. The lowest BCUT2D eigenvalue weighted by Gasteiger charge is -2.27. The first kappa shape index (κ1) is 18.5. The van der Waals surface area contributed by atoms with Crippen LogP contribution >= 0.6 is 27.7 Å². The van der Waals surface area contributed by atoms with Gasteiger partial charge in [0.25, 0.3) is 0 Å². The van der Waals surface area contributed by atoms with E-state index in [0.29, 0.717) is 38.7 Å². The molecule has 2 amide bonds. The third kappa shape index (κ3) is 5.12. The first-order valence-electron chi connectivity index (χ1n) is 8.28. The molecule has 0 saturated carbocycles. The van der Waals surface area contributed by atoms with Crippen molar-refractivity contribution in [1.29, 1.82) is 0 Å². The van der Waals surface area contributed by atoms with Crippen LogP contribution in [0.25, 0.3) is 0 Å².